The summed E-state index contributed by atoms with van der Waals surface area (Å²) in [5, 5.41) is 0. The van der Waals surface area contributed by atoms with Crippen LogP contribution in [0.4, 0.5) is 0 Å². The number of esters is 1. The van der Waals surface area contributed by atoms with E-state index in [1.165, 1.54) is 13.5 Å². The van der Waals surface area contributed by atoms with Crippen molar-refractivity contribution >= 4 is 17.5 Å². The monoisotopic (exact) mass is 402 g/mol. The van der Waals surface area contributed by atoms with Crippen LogP contribution in [-0.4, -0.2) is 24.6 Å². The summed E-state index contributed by atoms with van der Waals surface area (Å²) in [6.07, 6.45) is 9.00. The van der Waals surface area contributed by atoms with Crippen molar-refractivity contribution in [3.63, 3.8) is 0 Å². The summed E-state index contributed by atoms with van der Waals surface area (Å²) in [7, 11) is 1.44. The number of carbonyl (C=O) groups excluding carboxylic acids is 3. The van der Waals surface area contributed by atoms with Crippen molar-refractivity contribution in [3.8, 4) is 0 Å². The molecular weight excluding hydrogens is 364 g/mol. The van der Waals surface area contributed by atoms with Crippen molar-refractivity contribution in [2.75, 3.05) is 7.11 Å². The number of ether oxygens (including phenoxy) is 1. The average Bonchev–Trinajstić information content (AvgIpc) is 3.06. The van der Waals surface area contributed by atoms with Crippen molar-refractivity contribution in [1.29, 1.82) is 0 Å². The minimum Gasteiger partial charge on any atom is -0.469 e. The van der Waals surface area contributed by atoms with E-state index in [0.717, 1.165) is 38.5 Å². The zero-order valence-electron chi connectivity index (χ0n) is 18.7. The third kappa shape index (κ3) is 3.20. The Bertz CT molecular complexity index is 699. The van der Waals surface area contributed by atoms with Gasteiger partial charge in [-0.3, -0.25) is 14.4 Å². The molecule has 4 nitrogen and oxygen atoms in total. The molecule has 0 heterocycles. The summed E-state index contributed by atoms with van der Waals surface area (Å²) in [5.74, 6) is 3.55. The van der Waals surface area contributed by atoms with Gasteiger partial charge in [-0.05, 0) is 79.4 Å². The van der Waals surface area contributed by atoms with E-state index in [2.05, 4.69) is 20.8 Å². The van der Waals surface area contributed by atoms with Crippen LogP contribution in [0, 0.1) is 46.3 Å². The van der Waals surface area contributed by atoms with E-state index in [1.807, 2.05) is 0 Å². The van der Waals surface area contributed by atoms with Crippen molar-refractivity contribution in [2.24, 2.45) is 46.3 Å². The van der Waals surface area contributed by atoms with Crippen LogP contribution in [-0.2, 0) is 19.1 Å². The average molecular weight is 403 g/mol. The van der Waals surface area contributed by atoms with Crippen molar-refractivity contribution in [2.45, 2.75) is 85.0 Å². The van der Waals surface area contributed by atoms with Gasteiger partial charge in [0.15, 0.2) is 0 Å². The predicted molar refractivity (Wildman–Crippen MR) is 111 cm³/mol. The van der Waals surface area contributed by atoms with Crippen molar-refractivity contribution < 1.29 is 19.1 Å². The van der Waals surface area contributed by atoms with E-state index >= 15 is 0 Å². The van der Waals surface area contributed by atoms with Crippen LogP contribution in [0.5, 0.6) is 0 Å². The molecule has 4 aliphatic rings. The molecule has 162 valence electrons. The Hall–Kier alpha value is -1.19. The Balaban J connectivity index is 1.55. The summed E-state index contributed by atoms with van der Waals surface area (Å²) in [6, 6.07) is 0. The standard InChI is InChI=1S/C25H38O4/c1-15(5-10-23(28)29-4)19-8-9-20-18-7-6-16-13-17(26)11-12-24(16,2)21(18)14-22(27)25(19,20)3/h15-16,18-21H,5-14H2,1-4H3/t15-,16+,18-,19-,20-,21-,24+,25-/m1/s1. The Morgan fingerprint density at radius 3 is 2.59 bits per heavy atom. The van der Waals surface area contributed by atoms with Crippen LogP contribution in [0.3, 0.4) is 0 Å². The molecule has 0 aromatic heterocycles. The molecule has 4 rings (SSSR count). The van der Waals surface area contributed by atoms with Gasteiger partial charge in [0.05, 0.1) is 7.11 Å². The zero-order valence-corrected chi connectivity index (χ0v) is 18.7. The van der Waals surface area contributed by atoms with E-state index in [4.69, 9.17) is 4.74 Å². The van der Waals surface area contributed by atoms with Gasteiger partial charge >= 0.3 is 5.97 Å². The number of Topliss-reactive ketones (excluding diaryl/α,β-unsaturated/α-hetero) is 2. The molecule has 0 spiro atoms. The van der Waals surface area contributed by atoms with Crippen molar-refractivity contribution in [3.05, 3.63) is 0 Å². The van der Waals surface area contributed by atoms with E-state index in [1.54, 1.807) is 0 Å². The first kappa shape index (κ1) is 21.1. The highest BCUT2D eigenvalue weighted by molar-refractivity contribution is 5.87. The second-order valence-corrected chi connectivity index (χ2v) is 11.1. The van der Waals surface area contributed by atoms with Gasteiger partial charge in [-0.2, -0.15) is 0 Å². The molecule has 0 aromatic rings. The number of carbonyl (C=O) groups is 3. The lowest BCUT2D eigenvalue weighted by molar-refractivity contribution is -0.159. The molecule has 0 saturated heterocycles. The molecule has 4 heteroatoms. The zero-order chi connectivity index (χ0) is 21.0. The predicted octanol–water partition coefficient (Wildman–Crippen LogP) is 4.98. The Kier molecular flexibility index (Phi) is 5.44. The molecule has 0 N–H and O–H groups in total. The maximum absolute atomic E-state index is 13.7. The molecule has 29 heavy (non-hydrogen) atoms. The highest BCUT2D eigenvalue weighted by atomic mass is 16.5. The fourth-order valence-corrected chi connectivity index (χ4v) is 8.34. The molecule has 0 radical (unpaired) electrons. The molecule has 4 fully saturated rings. The maximum Gasteiger partial charge on any atom is 0.305 e. The third-order valence-corrected chi connectivity index (χ3v) is 10.1. The van der Waals surface area contributed by atoms with Crippen LogP contribution >= 0.6 is 0 Å². The molecule has 4 aliphatic carbocycles. The van der Waals surface area contributed by atoms with E-state index in [0.29, 0.717) is 66.3 Å². The van der Waals surface area contributed by atoms with Crippen LogP contribution in [0.1, 0.15) is 85.0 Å². The quantitative estimate of drug-likeness (QED) is 0.622. The van der Waals surface area contributed by atoms with Gasteiger partial charge < -0.3 is 4.74 Å². The Morgan fingerprint density at radius 1 is 1.10 bits per heavy atom. The Morgan fingerprint density at radius 2 is 1.86 bits per heavy atom. The first-order valence-electron chi connectivity index (χ1n) is 11.8. The number of hydrogen-bond acceptors (Lipinski definition) is 4. The molecule has 8 atom stereocenters. The third-order valence-electron chi connectivity index (χ3n) is 10.1. The molecular formula is C25H38O4. The smallest absolute Gasteiger partial charge is 0.305 e. The summed E-state index contributed by atoms with van der Waals surface area (Å²) in [4.78, 5) is 37.4. The van der Waals surface area contributed by atoms with E-state index < -0.39 is 0 Å². The lowest BCUT2D eigenvalue weighted by Gasteiger charge is -2.59. The van der Waals surface area contributed by atoms with Crippen LogP contribution in [0.25, 0.3) is 0 Å². The largest absolute Gasteiger partial charge is 0.469 e. The summed E-state index contributed by atoms with van der Waals surface area (Å²) >= 11 is 0. The van der Waals surface area contributed by atoms with E-state index in [-0.39, 0.29) is 16.8 Å². The van der Waals surface area contributed by atoms with Crippen molar-refractivity contribution in [1.82, 2.24) is 0 Å². The molecule has 0 bridgehead atoms. The summed E-state index contributed by atoms with van der Waals surface area (Å²) in [6.45, 7) is 6.87. The van der Waals surface area contributed by atoms with Gasteiger partial charge in [0.25, 0.3) is 0 Å². The first-order valence-corrected chi connectivity index (χ1v) is 11.8. The fourth-order valence-electron chi connectivity index (χ4n) is 8.34. The van der Waals surface area contributed by atoms with Gasteiger partial charge in [0.1, 0.15) is 11.6 Å². The minimum absolute atomic E-state index is 0.148. The topological polar surface area (TPSA) is 60.4 Å². The molecule has 4 saturated carbocycles. The molecule has 0 aliphatic heterocycles. The second kappa shape index (κ2) is 7.50. The van der Waals surface area contributed by atoms with Gasteiger partial charge in [-0.25, -0.2) is 0 Å². The fraction of sp³-hybridized carbons (Fsp3) is 0.880. The minimum atomic E-state index is -0.232. The highest BCUT2D eigenvalue weighted by Gasteiger charge is 2.63. The lowest BCUT2D eigenvalue weighted by atomic mass is 9.44. The maximum atomic E-state index is 13.7. The molecule has 0 aromatic carbocycles. The van der Waals surface area contributed by atoms with Crippen LogP contribution in [0.15, 0.2) is 0 Å². The Labute approximate surface area is 175 Å². The van der Waals surface area contributed by atoms with Gasteiger partial charge in [-0.15, -0.1) is 0 Å². The van der Waals surface area contributed by atoms with E-state index in [9.17, 15) is 14.4 Å². The summed E-state index contributed by atoms with van der Waals surface area (Å²) in [5.41, 5.74) is -0.0627. The number of rotatable bonds is 4. The number of hydrogen-bond donors (Lipinski definition) is 0. The number of fused-ring (bicyclic) bond motifs is 5. The second-order valence-electron chi connectivity index (χ2n) is 11.1. The SMILES string of the molecule is COC(=O)CC[C@@H](C)[C@H]1CC[C@@H]2[C@H]3CC[C@H]4CC(=O)CC[C@]4(C)[C@@H]3CC(=O)[C@@]21C. The van der Waals surface area contributed by atoms with Gasteiger partial charge in [0.2, 0.25) is 0 Å². The van der Waals surface area contributed by atoms with Crippen LogP contribution < -0.4 is 0 Å². The molecule has 0 unspecified atom stereocenters. The number of methoxy groups -OCH3 is 1. The van der Waals surface area contributed by atoms with Gasteiger partial charge in [-0.1, -0.05) is 20.8 Å². The summed E-state index contributed by atoms with van der Waals surface area (Å²) < 4.78 is 4.83. The normalized spacial score (nSPS) is 45.2. The molecule has 0 amide bonds. The van der Waals surface area contributed by atoms with Gasteiger partial charge in [0, 0.05) is 31.1 Å². The number of ketones is 2. The first-order chi connectivity index (χ1) is 13.7. The van der Waals surface area contributed by atoms with Crippen LogP contribution in [0.2, 0.25) is 0 Å². The highest BCUT2D eigenvalue weighted by Crippen LogP contribution is 2.67. The lowest BCUT2D eigenvalue weighted by Crippen LogP contribution is -2.57.